The lowest BCUT2D eigenvalue weighted by molar-refractivity contribution is 0.171. The van der Waals surface area contributed by atoms with E-state index in [1.165, 1.54) is 17.2 Å². The molecule has 2 aromatic rings. The molecule has 1 atom stereocenters. The van der Waals surface area contributed by atoms with E-state index in [0.717, 1.165) is 13.2 Å². The van der Waals surface area contributed by atoms with Crippen LogP contribution < -0.4 is 0 Å². The van der Waals surface area contributed by atoms with Crippen molar-refractivity contribution in [2.45, 2.75) is 26.4 Å². The van der Waals surface area contributed by atoms with Gasteiger partial charge in [-0.1, -0.05) is 68.8 Å². The third-order valence-electron chi connectivity index (χ3n) is 2.41. The quantitative estimate of drug-likeness (QED) is 0.751. The van der Waals surface area contributed by atoms with Crippen LogP contribution in [0.5, 0.6) is 0 Å². The molecule has 0 amide bonds. The van der Waals surface area contributed by atoms with Gasteiger partial charge in [0.05, 0.1) is 13.2 Å². The minimum atomic E-state index is 0.426. The Hall–Kier alpha value is -1.38. The lowest BCUT2D eigenvalue weighted by Gasteiger charge is -1.92. The van der Waals surface area contributed by atoms with Crippen LogP contribution in [0.4, 0.5) is 0 Å². The Kier molecular flexibility index (Phi) is 7.87. The van der Waals surface area contributed by atoms with Gasteiger partial charge in [0.25, 0.3) is 0 Å². The van der Waals surface area contributed by atoms with E-state index in [4.69, 9.17) is 9.47 Å². The van der Waals surface area contributed by atoms with E-state index in [1.807, 2.05) is 0 Å². The molecule has 0 bridgehead atoms. The van der Waals surface area contributed by atoms with Gasteiger partial charge >= 0.3 is 0 Å². The molecule has 2 aromatic carbocycles. The first-order chi connectivity index (χ1) is 9.31. The summed E-state index contributed by atoms with van der Waals surface area (Å²) in [5.74, 6) is 0. The molecule has 0 saturated carbocycles. The summed E-state index contributed by atoms with van der Waals surface area (Å²) in [7, 11) is 1.68. The average molecular weight is 260 g/mol. The second kappa shape index (κ2) is 9.54. The topological polar surface area (TPSA) is 21.8 Å². The molecule has 0 aliphatic carbocycles. The van der Waals surface area contributed by atoms with Gasteiger partial charge < -0.3 is 9.47 Å². The minimum absolute atomic E-state index is 0.426. The molecule has 19 heavy (non-hydrogen) atoms. The second-order valence-electron chi connectivity index (χ2n) is 4.46. The highest BCUT2D eigenvalue weighted by Gasteiger charge is 2.21. The van der Waals surface area contributed by atoms with Crippen molar-refractivity contribution >= 4 is 10.8 Å². The van der Waals surface area contributed by atoms with E-state index < -0.39 is 0 Å². The highest BCUT2D eigenvalue weighted by atomic mass is 16.6. The smallest absolute Gasteiger partial charge is 0.104 e. The molecule has 1 heterocycles. The molecule has 2 heteroatoms. The van der Waals surface area contributed by atoms with Gasteiger partial charge in [-0.05, 0) is 10.8 Å². The lowest BCUT2D eigenvalue weighted by Crippen LogP contribution is -1.94. The van der Waals surface area contributed by atoms with Gasteiger partial charge in [0.1, 0.15) is 6.10 Å². The fourth-order valence-electron chi connectivity index (χ4n) is 1.48. The number of benzene rings is 2. The first-order valence-electron chi connectivity index (χ1n) is 6.86. The third-order valence-corrected chi connectivity index (χ3v) is 2.41. The van der Waals surface area contributed by atoms with Crippen LogP contribution in [0.2, 0.25) is 0 Å². The van der Waals surface area contributed by atoms with Gasteiger partial charge in [0, 0.05) is 7.11 Å². The maximum Gasteiger partial charge on any atom is 0.104 e. The van der Waals surface area contributed by atoms with E-state index >= 15 is 0 Å². The molecular weight excluding hydrogens is 236 g/mol. The predicted molar refractivity (Wildman–Crippen MR) is 81.5 cm³/mol. The molecule has 1 saturated heterocycles. The fourth-order valence-corrected chi connectivity index (χ4v) is 1.48. The normalized spacial score (nSPS) is 15.8. The molecule has 1 fully saturated rings. The summed E-state index contributed by atoms with van der Waals surface area (Å²) in [6.45, 7) is 5.91. The summed E-state index contributed by atoms with van der Waals surface area (Å²) in [6.07, 6.45) is 1.68. The third kappa shape index (κ3) is 6.94. The van der Waals surface area contributed by atoms with Crippen LogP contribution in [-0.4, -0.2) is 26.4 Å². The summed E-state index contributed by atoms with van der Waals surface area (Å²) in [5.41, 5.74) is 0. The molecular formula is C17H24O2. The predicted octanol–water partition coefficient (Wildman–Crippen LogP) is 4.29. The molecule has 0 radical (unpaired) electrons. The number of rotatable bonds is 2. The van der Waals surface area contributed by atoms with Gasteiger partial charge in [0.2, 0.25) is 0 Å². The van der Waals surface area contributed by atoms with Crippen molar-refractivity contribution in [3.8, 4) is 0 Å². The van der Waals surface area contributed by atoms with Crippen LogP contribution in [0.1, 0.15) is 20.3 Å². The van der Waals surface area contributed by atoms with Gasteiger partial charge in [-0.25, -0.2) is 0 Å². The van der Waals surface area contributed by atoms with Crippen molar-refractivity contribution in [3.05, 3.63) is 48.5 Å². The number of ether oxygens (including phenoxy) is 2. The maximum atomic E-state index is 4.82. The molecule has 1 aliphatic rings. The van der Waals surface area contributed by atoms with Crippen LogP contribution in [-0.2, 0) is 9.47 Å². The summed E-state index contributed by atoms with van der Waals surface area (Å²) in [4.78, 5) is 0. The lowest BCUT2D eigenvalue weighted by atomic mass is 10.1. The maximum absolute atomic E-state index is 4.82. The molecule has 1 unspecified atom stereocenters. The van der Waals surface area contributed by atoms with Crippen LogP contribution in [0.25, 0.3) is 10.8 Å². The Morgan fingerprint density at radius 2 is 1.37 bits per heavy atom. The summed E-state index contributed by atoms with van der Waals surface area (Å²) < 4.78 is 9.56. The van der Waals surface area contributed by atoms with Crippen LogP contribution in [0.3, 0.4) is 0 Å². The second-order valence-corrected chi connectivity index (χ2v) is 4.46. The molecule has 104 valence electrons. The Labute approximate surface area is 116 Å². The van der Waals surface area contributed by atoms with Gasteiger partial charge in [-0.15, -0.1) is 0 Å². The van der Waals surface area contributed by atoms with Crippen molar-refractivity contribution in [2.24, 2.45) is 0 Å². The number of methoxy groups -OCH3 is 1. The standard InChI is InChI=1S/C10H8.C4H8O2.C3H8/c1-2-6-10-8-4-3-7-9(10)5-1;1-5-2-4-3-6-4;1-3-2/h1-8H;4H,2-3H2,1H3;3H2,1-2H3. The summed E-state index contributed by atoms with van der Waals surface area (Å²) in [5, 5.41) is 2.62. The zero-order valence-corrected chi connectivity index (χ0v) is 12.1. The number of fused-ring (bicyclic) bond motifs is 1. The van der Waals surface area contributed by atoms with Gasteiger partial charge in [0.15, 0.2) is 0 Å². The van der Waals surface area contributed by atoms with E-state index in [-0.39, 0.29) is 0 Å². The molecule has 1 aliphatic heterocycles. The Morgan fingerprint density at radius 3 is 1.58 bits per heavy atom. The summed E-state index contributed by atoms with van der Waals surface area (Å²) in [6, 6.07) is 16.7. The van der Waals surface area contributed by atoms with Gasteiger partial charge in [-0.2, -0.15) is 0 Å². The van der Waals surface area contributed by atoms with Crippen LogP contribution in [0, 0.1) is 0 Å². The van der Waals surface area contributed by atoms with E-state index in [1.54, 1.807) is 7.11 Å². The largest absolute Gasteiger partial charge is 0.382 e. The SMILES string of the molecule is CCC.COCC1CO1.c1ccc2ccccc2c1. The van der Waals surface area contributed by atoms with E-state index in [2.05, 4.69) is 62.4 Å². The van der Waals surface area contributed by atoms with Crippen molar-refractivity contribution in [1.82, 2.24) is 0 Å². The van der Waals surface area contributed by atoms with E-state index in [9.17, 15) is 0 Å². The first kappa shape index (κ1) is 15.7. The molecule has 2 nitrogen and oxygen atoms in total. The van der Waals surface area contributed by atoms with Crippen molar-refractivity contribution in [1.29, 1.82) is 0 Å². The van der Waals surface area contributed by atoms with Crippen molar-refractivity contribution in [3.63, 3.8) is 0 Å². The number of hydrogen-bond donors (Lipinski definition) is 0. The molecule has 3 rings (SSSR count). The molecule has 0 N–H and O–H groups in total. The Balaban J connectivity index is 0.000000172. The number of hydrogen-bond acceptors (Lipinski definition) is 2. The van der Waals surface area contributed by atoms with Crippen LogP contribution >= 0.6 is 0 Å². The highest BCUT2D eigenvalue weighted by molar-refractivity contribution is 5.81. The molecule has 0 aromatic heterocycles. The Morgan fingerprint density at radius 1 is 1.00 bits per heavy atom. The summed E-state index contributed by atoms with van der Waals surface area (Å²) >= 11 is 0. The van der Waals surface area contributed by atoms with Crippen molar-refractivity contribution in [2.75, 3.05) is 20.3 Å². The van der Waals surface area contributed by atoms with Gasteiger partial charge in [-0.3, -0.25) is 0 Å². The molecule has 0 spiro atoms. The van der Waals surface area contributed by atoms with Crippen molar-refractivity contribution < 1.29 is 9.47 Å². The minimum Gasteiger partial charge on any atom is -0.382 e. The monoisotopic (exact) mass is 260 g/mol. The zero-order valence-electron chi connectivity index (χ0n) is 12.1. The number of epoxide rings is 1. The fraction of sp³-hybridized carbons (Fsp3) is 0.412. The zero-order chi connectivity index (χ0) is 13.9. The average Bonchev–Trinajstić information content (AvgIpc) is 3.25. The Bertz CT molecular complexity index is 384. The van der Waals surface area contributed by atoms with Crippen LogP contribution in [0.15, 0.2) is 48.5 Å². The highest BCUT2D eigenvalue weighted by Crippen LogP contribution is 2.11. The first-order valence-corrected chi connectivity index (χ1v) is 6.86. The van der Waals surface area contributed by atoms with E-state index in [0.29, 0.717) is 6.10 Å².